The lowest BCUT2D eigenvalue weighted by Gasteiger charge is -2.02. The summed E-state index contributed by atoms with van der Waals surface area (Å²) in [5.74, 6) is 0.779. The highest BCUT2D eigenvalue weighted by molar-refractivity contribution is 6.30. The van der Waals surface area contributed by atoms with Crippen molar-refractivity contribution in [2.75, 3.05) is 20.2 Å². The normalized spacial score (nSPS) is 10.6. The Bertz CT molecular complexity index is 481. The van der Waals surface area contributed by atoms with E-state index in [-0.39, 0.29) is 0 Å². The molecule has 1 heterocycles. The van der Waals surface area contributed by atoms with Crippen LogP contribution in [0, 0.1) is 0 Å². The Morgan fingerprint density at radius 3 is 2.83 bits per heavy atom. The van der Waals surface area contributed by atoms with Crippen LogP contribution < -0.4 is 10.1 Å². The molecule has 4 nitrogen and oxygen atoms in total. The van der Waals surface area contributed by atoms with Gasteiger partial charge in [0, 0.05) is 5.02 Å². The Hall–Kier alpha value is -1.52. The fourth-order valence-corrected chi connectivity index (χ4v) is 1.68. The first-order valence-corrected chi connectivity index (χ1v) is 6.25. The van der Waals surface area contributed by atoms with E-state index in [1.54, 1.807) is 10.9 Å². The van der Waals surface area contributed by atoms with Gasteiger partial charge in [0.05, 0.1) is 24.7 Å². The molecule has 0 fully saturated rings. The van der Waals surface area contributed by atoms with E-state index >= 15 is 0 Å². The van der Waals surface area contributed by atoms with Crippen LogP contribution in [0.15, 0.2) is 36.7 Å². The quantitative estimate of drug-likeness (QED) is 0.816. The number of aromatic nitrogens is 2. The smallest absolute Gasteiger partial charge is 0.157 e. The Labute approximate surface area is 112 Å². The van der Waals surface area contributed by atoms with Gasteiger partial charge in [0.1, 0.15) is 0 Å². The van der Waals surface area contributed by atoms with Crippen LogP contribution in [0.4, 0.5) is 0 Å². The van der Waals surface area contributed by atoms with Crippen molar-refractivity contribution in [3.63, 3.8) is 0 Å². The molecular weight excluding hydrogens is 250 g/mol. The van der Waals surface area contributed by atoms with Gasteiger partial charge in [-0.15, -0.1) is 0 Å². The summed E-state index contributed by atoms with van der Waals surface area (Å²) in [5, 5.41) is 8.04. The molecule has 1 N–H and O–H groups in total. The molecule has 0 saturated carbocycles. The average molecular weight is 266 g/mol. The van der Waals surface area contributed by atoms with E-state index in [1.807, 2.05) is 37.5 Å². The van der Waals surface area contributed by atoms with Crippen LogP contribution in [0.5, 0.6) is 5.75 Å². The first kappa shape index (κ1) is 12.9. The van der Waals surface area contributed by atoms with Crippen molar-refractivity contribution in [3.8, 4) is 11.4 Å². The molecule has 2 rings (SSSR count). The lowest BCUT2D eigenvalue weighted by molar-refractivity contribution is 0.309. The van der Waals surface area contributed by atoms with E-state index in [4.69, 9.17) is 16.3 Å². The molecule has 0 aliphatic rings. The number of ether oxygens (including phenoxy) is 1. The summed E-state index contributed by atoms with van der Waals surface area (Å²) in [4.78, 5) is 0. The van der Waals surface area contributed by atoms with Gasteiger partial charge < -0.3 is 10.1 Å². The van der Waals surface area contributed by atoms with Crippen molar-refractivity contribution in [1.82, 2.24) is 15.1 Å². The second-order valence-electron chi connectivity index (χ2n) is 3.90. The lowest BCUT2D eigenvalue weighted by Crippen LogP contribution is -2.11. The number of hydrogen-bond donors (Lipinski definition) is 1. The van der Waals surface area contributed by atoms with Crippen molar-refractivity contribution in [3.05, 3.63) is 41.7 Å². The SMILES string of the molecule is CNCCCOc1cnn(-c2ccc(Cl)cc2)c1. The van der Waals surface area contributed by atoms with Crippen molar-refractivity contribution in [2.24, 2.45) is 0 Å². The van der Waals surface area contributed by atoms with E-state index in [0.717, 1.165) is 29.4 Å². The summed E-state index contributed by atoms with van der Waals surface area (Å²) in [6.45, 7) is 1.64. The summed E-state index contributed by atoms with van der Waals surface area (Å²) in [7, 11) is 1.93. The van der Waals surface area contributed by atoms with Crippen LogP contribution in [0.1, 0.15) is 6.42 Å². The molecule has 0 aliphatic carbocycles. The first-order chi connectivity index (χ1) is 8.79. The molecule has 96 valence electrons. The van der Waals surface area contributed by atoms with Crippen LogP contribution in [-0.4, -0.2) is 30.0 Å². The van der Waals surface area contributed by atoms with Crippen molar-refractivity contribution >= 4 is 11.6 Å². The lowest BCUT2D eigenvalue weighted by atomic mass is 10.3. The minimum Gasteiger partial charge on any atom is -0.490 e. The third kappa shape index (κ3) is 3.48. The molecule has 0 unspecified atom stereocenters. The molecular formula is C13H16ClN3O. The highest BCUT2D eigenvalue weighted by atomic mass is 35.5. The standard InChI is InChI=1S/C13H16ClN3O/c1-15-7-2-8-18-13-9-16-17(10-13)12-5-3-11(14)4-6-12/h3-6,9-10,15H,2,7-8H2,1H3. The molecule has 0 spiro atoms. The van der Waals surface area contributed by atoms with Gasteiger partial charge in [0.25, 0.3) is 0 Å². The number of halogens is 1. The third-order valence-corrected chi connectivity index (χ3v) is 2.74. The van der Waals surface area contributed by atoms with E-state index in [9.17, 15) is 0 Å². The van der Waals surface area contributed by atoms with E-state index in [0.29, 0.717) is 6.61 Å². The first-order valence-electron chi connectivity index (χ1n) is 5.87. The molecule has 0 amide bonds. The topological polar surface area (TPSA) is 39.1 Å². The summed E-state index contributed by atoms with van der Waals surface area (Å²) >= 11 is 5.84. The van der Waals surface area contributed by atoms with Crippen LogP contribution in [0.3, 0.4) is 0 Å². The second-order valence-corrected chi connectivity index (χ2v) is 4.34. The van der Waals surface area contributed by atoms with Crippen LogP contribution in [0.2, 0.25) is 5.02 Å². The average Bonchev–Trinajstić information content (AvgIpc) is 2.84. The minimum absolute atomic E-state index is 0.688. The fraction of sp³-hybridized carbons (Fsp3) is 0.308. The van der Waals surface area contributed by atoms with E-state index in [1.165, 1.54) is 0 Å². The molecule has 0 radical (unpaired) electrons. The van der Waals surface area contributed by atoms with Gasteiger partial charge in [-0.25, -0.2) is 4.68 Å². The number of nitrogens with one attached hydrogen (secondary N) is 1. The minimum atomic E-state index is 0.688. The zero-order valence-electron chi connectivity index (χ0n) is 10.3. The zero-order chi connectivity index (χ0) is 12.8. The molecule has 0 bridgehead atoms. The molecule has 18 heavy (non-hydrogen) atoms. The maximum atomic E-state index is 5.84. The summed E-state index contributed by atoms with van der Waals surface area (Å²) < 4.78 is 7.35. The molecule has 0 saturated heterocycles. The van der Waals surface area contributed by atoms with Crippen LogP contribution >= 0.6 is 11.6 Å². The van der Waals surface area contributed by atoms with Gasteiger partial charge in [0.2, 0.25) is 0 Å². The summed E-state index contributed by atoms with van der Waals surface area (Å²) in [6, 6.07) is 7.51. The summed E-state index contributed by atoms with van der Waals surface area (Å²) in [5.41, 5.74) is 0.962. The molecule has 1 aromatic carbocycles. The zero-order valence-corrected chi connectivity index (χ0v) is 11.0. The van der Waals surface area contributed by atoms with Crippen molar-refractivity contribution < 1.29 is 4.74 Å². The van der Waals surface area contributed by atoms with Gasteiger partial charge in [-0.1, -0.05) is 11.6 Å². The van der Waals surface area contributed by atoms with E-state index < -0.39 is 0 Å². The van der Waals surface area contributed by atoms with Gasteiger partial charge in [-0.3, -0.25) is 0 Å². The van der Waals surface area contributed by atoms with Gasteiger partial charge in [-0.05, 0) is 44.3 Å². The molecule has 1 aromatic heterocycles. The van der Waals surface area contributed by atoms with E-state index in [2.05, 4.69) is 10.4 Å². The summed E-state index contributed by atoms with van der Waals surface area (Å²) in [6.07, 6.45) is 4.55. The predicted octanol–water partition coefficient (Wildman–Crippen LogP) is 2.51. The van der Waals surface area contributed by atoms with Crippen LogP contribution in [-0.2, 0) is 0 Å². The van der Waals surface area contributed by atoms with Gasteiger partial charge in [0.15, 0.2) is 5.75 Å². The molecule has 0 aliphatic heterocycles. The third-order valence-electron chi connectivity index (χ3n) is 2.49. The Kier molecular flexibility index (Phi) is 4.61. The maximum Gasteiger partial charge on any atom is 0.157 e. The van der Waals surface area contributed by atoms with Gasteiger partial charge >= 0.3 is 0 Å². The predicted molar refractivity (Wildman–Crippen MR) is 72.6 cm³/mol. The highest BCUT2D eigenvalue weighted by Gasteiger charge is 2.01. The van der Waals surface area contributed by atoms with Crippen molar-refractivity contribution in [2.45, 2.75) is 6.42 Å². The molecule has 2 aromatic rings. The highest BCUT2D eigenvalue weighted by Crippen LogP contribution is 2.16. The number of nitrogens with zero attached hydrogens (tertiary/aromatic N) is 2. The second kappa shape index (κ2) is 6.42. The number of benzene rings is 1. The molecule has 0 atom stereocenters. The monoisotopic (exact) mass is 265 g/mol. The number of rotatable bonds is 6. The van der Waals surface area contributed by atoms with Crippen LogP contribution in [0.25, 0.3) is 5.69 Å². The molecule has 5 heteroatoms. The maximum absolute atomic E-state index is 5.84. The Balaban J connectivity index is 1.95. The van der Waals surface area contributed by atoms with Gasteiger partial charge in [-0.2, -0.15) is 5.10 Å². The Morgan fingerprint density at radius 2 is 2.11 bits per heavy atom. The largest absolute Gasteiger partial charge is 0.490 e. The number of hydrogen-bond acceptors (Lipinski definition) is 3. The Morgan fingerprint density at radius 1 is 1.33 bits per heavy atom. The van der Waals surface area contributed by atoms with Crippen molar-refractivity contribution in [1.29, 1.82) is 0 Å². The fourth-order valence-electron chi connectivity index (χ4n) is 1.55.